The quantitative estimate of drug-likeness (QED) is 0.789. The lowest BCUT2D eigenvalue weighted by Crippen LogP contribution is -2.43. The number of anilines is 1. The average molecular weight is 443 g/mol. The summed E-state index contributed by atoms with van der Waals surface area (Å²) in [5, 5.41) is 3.39. The molecule has 1 aromatic carbocycles. The van der Waals surface area contributed by atoms with Crippen molar-refractivity contribution >= 4 is 22.9 Å². The minimum Gasteiger partial charge on any atom is -0.354 e. The summed E-state index contributed by atoms with van der Waals surface area (Å²) >= 11 is 0. The van der Waals surface area contributed by atoms with Crippen molar-refractivity contribution in [1.82, 2.24) is 15.2 Å². The van der Waals surface area contributed by atoms with Crippen molar-refractivity contribution in [3.8, 4) is 0 Å². The molecule has 2 aromatic rings. The van der Waals surface area contributed by atoms with Crippen LogP contribution in [0.2, 0.25) is 0 Å². The van der Waals surface area contributed by atoms with Gasteiger partial charge in [-0.2, -0.15) is 0 Å². The number of fused-ring (bicyclic) bond motifs is 1. The molecule has 33 heavy (non-hydrogen) atoms. The maximum absolute atomic E-state index is 13.9. The Morgan fingerprint density at radius 2 is 1.88 bits per heavy atom. The standard InChI is InChI=1S/C26H27FN6/c27-19-5-1-4-18(16-19)23-7-3-13-33(23)25-10-9-22-26(31-25)20(17-29-22)21-6-2-8-24(30-21)32-14-11-28-12-15-32/h1-2,4-6,8-10,16-17,23,26,28H,3,7,11-15H2/t23-,26?/m1/s1. The van der Waals surface area contributed by atoms with Crippen LogP contribution in [0.5, 0.6) is 0 Å². The Hall–Kier alpha value is -3.32. The number of likely N-dealkylation sites (tertiary alicyclic amines) is 1. The average Bonchev–Trinajstić information content (AvgIpc) is 3.52. The molecule has 0 aliphatic carbocycles. The van der Waals surface area contributed by atoms with Crippen LogP contribution >= 0.6 is 0 Å². The Bertz CT molecular complexity index is 1180. The van der Waals surface area contributed by atoms with Gasteiger partial charge in [-0.25, -0.2) is 9.37 Å². The van der Waals surface area contributed by atoms with Gasteiger partial charge in [-0.05, 0) is 54.8 Å². The fourth-order valence-electron chi connectivity index (χ4n) is 5.18. The smallest absolute Gasteiger partial charge is 0.129 e. The van der Waals surface area contributed by atoms with Crippen LogP contribution < -0.4 is 10.2 Å². The first kappa shape index (κ1) is 20.3. The molecular formula is C26H27FN6. The summed E-state index contributed by atoms with van der Waals surface area (Å²) in [6.45, 7) is 4.79. The summed E-state index contributed by atoms with van der Waals surface area (Å²) in [5.41, 5.74) is 3.92. The summed E-state index contributed by atoms with van der Waals surface area (Å²) in [7, 11) is 0. The van der Waals surface area contributed by atoms with Crippen LogP contribution in [0.4, 0.5) is 10.2 Å². The van der Waals surface area contributed by atoms with E-state index in [1.807, 2.05) is 18.3 Å². The number of hydrogen-bond donors (Lipinski definition) is 1. The summed E-state index contributed by atoms with van der Waals surface area (Å²) in [4.78, 5) is 19.4. The molecular weight excluding hydrogens is 415 g/mol. The predicted molar refractivity (Wildman–Crippen MR) is 130 cm³/mol. The lowest BCUT2D eigenvalue weighted by molar-refractivity contribution is 0.399. The largest absolute Gasteiger partial charge is 0.354 e. The van der Waals surface area contributed by atoms with Gasteiger partial charge in [0.2, 0.25) is 0 Å². The van der Waals surface area contributed by atoms with E-state index in [1.165, 1.54) is 6.07 Å². The van der Waals surface area contributed by atoms with Crippen LogP contribution in [0.25, 0.3) is 5.57 Å². The number of dihydropyridines is 1. The molecule has 5 heterocycles. The van der Waals surface area contributed by atoms with Gasteiger partial charge in [0.15, 0.2) is 0 Å². The zero-order valence-electron chi connectivity index (χ0n) is 18.5. The number of aliphatic imine (C=N–C) groups is 2. The van der Waals surface area contributed by atoms with E-state index in [0.717, 1.165) is 79.8 Å². The number of hydrogen-bond acceptors (Lipinski definition) is 6. The molecule has 2 saturated heterocycles. The van der Waals surface area contributed by atoms with Crippen molar-refractivity contribution in [3.63, 3.8) is 0 Å². The SMILES string of the molecule is Fc1cccc([C@H]2CCCN2C2=NC3C(c4cccc(N5CCNCC5)n4)=CN=C3C=C2)c1. The highest BCUT2D eigenvalue weighted by atomic mass is 19.1. The minimum absolute atomic E-state index is 0.144. The first-order valence-electron chi connectivity index (χ1n) is 11.8. The van der Waals surface area contributed by atoms with Gasteiger partial charge in [-0.1, -0.05) is 18.2 Å². The van der Waals surface area contributed by atoms with E-state index in [2.05, 4.69) is 44.4 Å². The first-order chi connectivity index (χ1) is 16.3. The summed E-state index contributed by atoms with van der Waals surface area (Å²) < 4.78 is 13.9. The highest BCUT2D eigenvalue weighted by Crippen LogP contribution is 2.35. The van der Waals surface area contributed by atoms with E-state index in [1.54, 1.807) is 12.1 Å². The van der Waals surface area contributed by atoms with Crippen molar-refractivity contribution in [1.29, 1.82) is 0 Å². The van der Waals surface area contributed by atoms with E-state index in [4.69, 9.17) is 9.98 Å². The second-order valence-corrected chi connectivity index (χ2v) is 8.89. The van der Waals surface area contributed by atoms with Crippen molar-refractivity contribution in [2.45, 2.75) is 24.9 Å². The van der Waals surface area contributed by atoms with Gasteiger partial charge in [0.25, 0.3) is 0 Å². The number of piperazine rings is 1. The number of nitrogens with zero attached hydrogens (tertiary/aromatic N) is 5. The molecule has 7 heteroatoms. The third-order valence-electron chi connectivity index (χ3n) is 6.84. The Kier molecular flexibility index (Phi) is 5.26. The molecule has 1 N–H and O–H groups in total. The molecule has 1 unspecified atom stereocenters. The molecule has 0 radical (unpaired) electrons. The van der Waals surface area contributed by atoms with E-state index < -0.39 is 0 Å². The Morgan fingerprint density at radius 3 is 2.76 bits per heavy atom. The van der Waals surface area contributed by atoms with Gasteiger partial charge < -0.3 is 15.1 Å². The van der Waals surface area contributed by atoms with Crippen LogP contribution in [-0.4, -0.2) is 60.2 Å². The molecule has 6 rings (SSSR count). The second-order valence-electron chi connectivity index (χ2n) is 8.89. The minimum atomic E-state index is -0.189. The fourth-order valence-corrected chi connectivity index (χ4v) is 5.18. The van der Waals surface area contributed by atoms with E-state index in [9.17, 15) is 4.39 Å². The highest BCUT2D eigenvalue weighted by Gasteiger charge is 2.33. The lowest BCUT2D eigenvalue weighted by Gasteiger charge is -2.30. The van der Waals surface area contributed by atoms with Gasteiger partial charge in [0, 0.05) is 44.5 Å². The summed E-state index contributed by atoms with van der Waals surface area (Å²) in [5.74, 6) is 1.76. The maximum atomic E-state index is 13.9. The Balaban J connectivity index is 1.27. The van der Waals surface area contributed by atoms with Gasteiger partial charge >= 0.3 is 0 Å². The van der Waals surface area contributed by atoms with Crippen LogP contribution in [0.1, 0.15) is 30.1 Å². The Labute approximate surface area is 193 Å². The molecule has 0 spiro atoms. The molecule has 2 fully saturated rings. The molecule has 2 atom stereocenters. The number of pyridine rings is 1. The third kappa shape index (κ3) is 3.86. The van der Waals surface area contributed by atoms with Crippen LogP contribution in [-0.2, 0) is 0 Å². The number of benzene rings is 1. The van der Waals surface area contributed by atoms with Gasteiger partial charge in [-0.3, -0.25) is 9.98 Å². The zero-order chi connectivity index (χ0) is 22.2. The number of rotatable bonds is 3. The first-order valence-corrected chi connectivity index (χ1v) is 11.8. The van der Waals surface area contributed by atoms with Crippen molar-refractivity contribution in [3.05, 3.63) is 77.9 Å². The van der Waals surface area contributed by atoms with Crippen molar-refractivity contribution in [2.75, 3.05) is 37.6 Å². The van der Waals surface area contributed by atoms with Crippen LogP contribution in [0.3, 0.4) is 0 Å². The highest BCUT2D eigenvalue weighted by molar-refractivity contribution is 6.17. The van der Waals surface area contributed by atoms with Crippen LogP contribution in [0, 0.1) is 5.82 Å². The fraction of sp³-hybridized carbons (Fsp3) is 0.346. The second kappa shape index (κ2) is 8.56. The number of halogens is 1. The number of amidine groups is 1. The third-order valence-corrected chi connectivity index (χ3v) is 6.84. The normalized spacial score (nSPS) is 24.5. The van der Waals surface area contributed by atoms with Crippen LogP contribution in [0.15, 0.2) is 70.8 Å². The summed E-state index contributed by atoms with van der Waals surface area (Å²) in [6.07, 6.45) is 8.09. The molecule has 0 saturated carbocycles. The zero-order valence-corrected chi connectivity index (χ0v) is 18.5. The molecule has 4 aliphatic rings. The van der Waals surface area contributed by atoms with Crippen molar-refractivity contribution in [2.24, 2.45) is 9.98 Å². The van der Waals surface area contributed by atoms with Gasteiger partial charge in [0.05, 0.1) is 17.4 Å². The maximum Gasteiger partial charge on any atom is 0.129 e. The molecule has 4 aliphatic heterocycles. The van der Waals surface area contributed by atoms with Crippen molar-refractivity contribution < 1.29 is 4.39 Å². The van der Waals surface area contributed by atoms with E-state index in [-0.39, 0.29) is 17.9 Å². The molecule has 6 nitrogen and oxygen atoms in total. The lowest BCUT2D eigenvalue weighted by atomic mass is 9.99. The van der Waals surface area contributed by atoms with E-state index in [0.29, 0.717) is 0 Å². The van der Waals surface area contributed by atoms with E-state index >= 15 is 0 Å². The number of nitrogens with one attached hydrogen (secondary N) is 1. The Morgan fingerprint density at radius 1 is 1.00 bits per heavy atom. The summed E-state index contributed by atoms with van der Waals surface area (Å²) in [6, 6.07) is 13.1. The molecule has 1 aromatic heterocycles. The monoisotopic (exact) mass is 442 g/mol. The molecule has 168 valence electrons. The molecule has 0 amide bonds. The predicted octanol–water partition coefficient (Wildman–Crippen LogP) is 3.60. The number of aromatic nitrogens is 1. The van der Waals surface area contributed by atoms with Gasteiger partial charge in [0.1, 0.15) is 23.5 Å². The topological polar surface area (TPSA) is 56.1 Å². The van der Waals surface area contributed by atoms with Gasteiger partial charge in [-0.15, -0.1) is 0 Å². The molecule has 0 bridgehead atoms.